The van der Waals surface area contributed by atoms with Crippen LogP contribution in [0.15, 0.2) is 0 Å². The number of amides is 2. The number of urea groups is 1. The van der Waals surface area contributed by atoms with Crippen molar-refractivity contribution in [3.05, 3.63) is 0 Å². The first-order chi connectivity index (χ1) is 8.99. The van der Waals surface area contributed by atoms with Gasteiger partial charge in [0.25, 0.3) is 0 Å². The van der Waals surface area contributed by atoms with Crippen molar-refractivity contribution in [3.63, 3.8) is 0 Å². The topological polar surface area (TPSA) is 95.7 Å². The highest BCUT2D eigenvalue weighted by Gasteiger charge is 2.38. The van der Waals surface area contributed by atoms with E-state index in [9.17, 15) is 9.59 Å². The number of nitrogens with two attached hydrogens (primary N) is 1. The van der Waals surface area contributed by atoms with Gasteiger partial charge in [0.1, 0.15) is 0 Å². The van der Waals surface area contributed by atoms with Crippen molar-refractivity contribution in [2.24, 2.45) is 17.6 Å². The second-order valence-corrected chi connectivity index (χ2v) is 5.80. The molecule has 0 bridgehead atoms. The maximum atomic E-state index is 12.0. The Morgan fingerprint density at radius 1 is 1.32 bits per heavy atom. The summed E-state index contributed by atoms with van der Waals surface area (Å²) in [7, 11) is 0. The lowest BCUT2D eigenvalue weighted by Gasteiger charge is -2.42. The summed E-state index contributed by atoms with van der Waals surface area (Å²) in [6, 6.07) is 0.0149. The SMILES string of the molecule is CC(C(=O)O)C1CN(C(=O)NC2CCCCC2N)C1. The molecule has 2 aliphatic rings. The fourth-order valence-electron chi connectivity index (χ4n) is 2.79. The lowest BCUT2D eigenvalue weighted by molar-refractivity contribution is -0.144. The highest BCUT2D eigenvalue weighted by molar-refractivity contribution is 5.76. The lowest BCUT2D eigenvalue weighted by Crippen LogP contribution is -2.60. The Labute approximate surface area is 113 Å². The van der Waals surface area contributed by atoms with Crippen molar-refractivity contribution >= 4 is 12.0 Å². The molecule has 6 nitrogen and oxygen atoms in total. The maximum Gasteiger partial charge on any atom is 0.317 e. The Morgan fingerprint density at radius 3 is 2.53 bits per heavy atom. The molecule has 0 aromatic carbocycles. The molecule has 3 atom stereocenters. The van der Waals surface area contributed by atoms with Crippen LogP contribution in [0.2, 0.25) is 0 Å². The molecule has 4 N–H and O–H groups in total. The summed E-state index contributed by atoms with van der Waals surface area (Å²) in [5.41, 5.74) is 5.99. The van der Waals surface area contributed by atoms with Crippen molar-refractivity contribution in [2.75, 3.05) is 13.1 Å². The Balaban J connectivity index is 1.75. The molecule has 1 saturated carbocycles. The minimum absolute atomic E-state index is 0.0488. The van der Waals surface area contributed by atoms with Crippen molar-refractivity contribution in [1.82, 2.24) is 10.2 Å². The molecule has 0 radical (unpaired) electrons. The third-order valence-corrected chi connectivity index (χ3v) is 4.42. The zero-order chi connectivity index (χ0) is 14.0. The second kappa shape index (κ2) is 5.77. The zero-order valence-electron chi connectivity index (χ0n) is 11.3. The number of carbonyl (C=O) groups is 2. The van der Waals surface area contributed by atoms with E-state index in [0.717, 1.165) is 25.7 Å². The predicted molar refractivity (Wildman–Crippen MR) is 70.6 cm³/mol. The van der Waals surface area contributed by atoms with Gasteiger partial charge in [0.05, 0.1) is 5.92 Å². The minimum atomic E-state index is -0.792. The van der Waals surface area contributed by atoms with Crippen LogP contribution in [-0.4, -0.2) is 47.2 Å². The number of hydrogen-bond acceptors (Lipinski definition) is 3. The highest BCUT2D eigenvalue weighted by Crippen LogP contribution is 2.24. The smallest absolute Gasteiger partial charge is 0.317 e. The Hall–Kier alpha value is -1.30. The van der Waals surface area contributed by atoms with Gasteiger partial charge in [-0.15, -0.1) is 0 Å². The summed E-state index contributed by atoms with van der Waals surface area (Å²) in [5, 5.41) is 11.9. The van der Waals surface area contributed by atoms with E-state index in [4.69, 9.17) is 10.8 Å². The van der Waals surface area contributed by atoms with Gasteiger partial charge in [-0.3, -0.25) is 4.79 Å². The number of hydrogen-bond donors (Lipinski definition) is 3. The largest absolute Gasteiger partial charge is 0.481 e. The van der Waals surface area contributed by atoms with Crippen LogP contribution >= 0.6 is 0 Å². The standard InChI is InChI=1S/C13H23N3O3/c1-8(12(17)18)9-6-16(7-9)13(19)15-11-5-3-2-4-10(11)14/h8-11H,2-7,14H2,1H3,(H,15,19)(H,17,18). The van der Waals surface area contributed by atoms with Crippen LogP contribution in [0.4, 0.5) is 4.79 Å². The normalized spacial score (nSPS) is 29.5. The summed E-state index contributed by atoms with van der Waals surface area (Å²) in [6.07, 6.45) is 4.14. The molecule has 1 aliphatic carbocycles. The van der Waals surface area contributed by atoms with Crippen molar-refractivity contribution < 1.29 is 14.7 Å². The maximum absolute atomic E-state index is 12.0. The van der Waals surface area contributed by atoms with Crippen LogP contribution in [0, 0.1) is 11.8 Å². The predicted octanol–water partition coefficient (Wildman–Crippen LogP) is 0.618. The highest BCUT2D eigenvalue weighted by atomic mass is 16.4. The van der Waals surface area contributed by atoms with Crippen LogP contribution in [0.1, 0.15) is 32.6 Å². The van der Waals surface area contributed by atoms with Crippen LogP contribution in [0.3, 0.4) is 0 Å². The lowest BCUT2D eigenvalue weighted by atomic mass is 9.87. The van der Waals surface area contributed by atoms with E-state index in [1.54, 1.807) is 11.8 Å². The molecular weight excluding hydrogens is 246 g/mol. The van der Waals surface area contributed by atoms with Gasteiger partial charge in [-0.25, -0.2) is 4.79 Å². The van der Waals surface area contributed by atoms with Gasteiger partial charge in [0, 0.05) is 31.1 Å². The molecule has 0 spiro atoms. The van der Waals surface area contributed by atoms with E-state index in [1.165, 1.54) is 0 Å². The summed E-state index contributed by atoms with van der Waals surface area (Å²) in [6.45, 7) is 2.75. The number of carboxylic acids is 1. The molecule has 19 heavy (non-hydrogen) atoms. The molecule has 108 valence electrons. The number of nitrogens with one attached hydrogen (secondary N) is 1. The Bertz CT molecular complexity index is 355. The van der Waals surface area contributed by atoms with E-state index in [2.05, 4.69) is 5.32 Å². The number of aliphatic carboxylic acids is 1. The molecule has 2 fully saturated rings. The van der Waals surface area contributed by atoms with Gasteiger partial charge in [-0.05, 0) is 12.8 Å². The third kappa shape index (κ3) is 3.18. The van der Waals surface area contributed by atoms with Crippen molar-refractivity contribution in [3.8, 4) is 0 Å². The van der Waals surface area contributed by atoms with Crippen LogP contribution in [0.5, 0.6) is 0 Å². The summed E-state index contributed by atoms with van der Waals surface area (Å²) >= 11 is 0. The van der Waals surface area contributed by atoms with Gasteiger partial charge in [0.2, 0.25) is 0 Å². The fraction of sp³-hybridized carbons (Fsp3) is 0.846. The number of likely N-dealkylation sites (tertiary alicyclic amines) is 1. The van der Waals surface area contributed by atoms with Crippen LogP contribution < -0.4 is 11.1 Å². The molecule has 2 rings (SSSR count). The van der Waals surface area contributed by atoms with Gasteiger partial charge in [0.15, 0.2) is 0 Å². The van der Waals surface area contributed by atoms with Crippen molar-refractivity contribution in [1.29, 1.82) is 0 Å². The monoisotopic (exact) mass is 269 g/mol. The quantitative estimate of drug-likeness (QED) is 0.699. The van der Waals surface area contributed by atoms with Crippen LogP contribution in [-0.2, 0) is 4.79 Å². The number of carboxylic acid groups (broad SMARTS) is 1. The van der Waals surface area contributed by atoms with Gasteiger partial charge < -0.3 is 21.1 Å². The molecule has 1 aliphatic heterocycles. The van der Waals surface area contributed by atoms with E-state index >= 15 is 0 Å². The van der Waals surface area contributed by atoms with Gasteiger partial charge in [-0.2, -0.15) is 0 Å². The van der Waals surface area contributed by atoms with Gasteiger partial charge in [-0.1, -0.05) is 19.8 Å². The van der Waals surface area contributed by atoms with E-state index < -0.39 is 5.97 Å². The van der Waals surface area contributed by atoms with E-state index in [-0.39, 0.29) is 30.0 Å². The third-order valence-electron chi connectivity index (χ3n) is 4.42. The molecule has 1 heterocycles. The molecule has 3 unspecified atom stereocenters. The van der Waals surface area contributed by atoms with Gasteiger partial charge >= 0.3 is 12.0 Å². The molecule has 2 amide bonds. The van der Waals surface area contributed by atoms with Crippen LogP contribution in [0.25, 0.3) is 0 Å². The summed E-state index contributed by atoms with van der Waals surface area (Å²) < 4.78 is 0. The first kappa shape index (κ1) is 14.1. The Morgan fingerprint density at radius 2 is 1.95 bits per heavy atom. The minimum Gasteiger partial charge on any atom is -0.481 e. The molecule has 0 aromatic heterocycles. The van der Waals surface area contributed by atoms with E-state index in [1.807, 2.05) is 0 Å². The van der Waals surface area contributed by atoms with Crippen molar-refractivity contribution in [2.45, 2.75) is 44.7 Å². The Kier molecular flexibility index (Phi) is 4.29. The molecular formula is C13H23N3O3. The zero-order valence-corrected chi connectivity index (χ0v) is 11.3. The number of rotatable bonds is 3. The summed E-state index contributed by atoms with van der Waals surface area (Å²) in [5.74, 6) is -1.11. The first-order valence-electron chi connectivity index (χ1n) is 7.03. The summed E-state index contributed by atoms with van der Waals surface area (Å²) in [4.78, 5) is 24.5. The second-order valence-electron chi connectivity index (χ2n) is 5.80. The molecule has 0 aromatic rings. The van der Waals surface area contributed by atoms with E-state index in [0.29, 0.717) is 13.1 Å². The fourth-order valence-corrected chi connectivity index (χ4v) is 2.79. The number of nitrogens with zero attached hydrogens (tertiary/aromatic N) is 1. The molecule has 6 heteroatoms. The average molecular weight is 269 g/mol. The average Bonchev–Trinajstić information content (AvgIpc) is 2.30. The first-order valence-corrected chi connectivity index (χ1v) is 7.03. The molecule has 1 saturated heterocycles. The number of carbonyl (C=O) groups excluding carboxylic acids is 1.